The van der Waals surface area contributed by atoms with Gasteiger partial charge >= 0.3 is 0 Å². The van der Waals surface area contributed by atoms with Crippen molar-refractivity contribution in [1.29, 1.82) is 0 Å². The quantitative estimate of drug-likeness (QED) is 0.850. The van der Waals surface area contributed by atoms with Gasteiger partial charge in [-0.1, -0.05) is 5.16 Å². The molecule has 1 aliphatic rings. The number of H-pyrrole nitrogens is 1. The Bertz CT molecular complexity index is 504. The van der Waals surface area contributed by atoms with Crippen molar-refractivity contribution in [3.05, 3.63) is 29.9 Å². The second kappa shape index (κ2) is 5.50. The Kier molecular flexibility index (Phi) is 3.56. The van der Waals surface area contributed by atoms with Gasteiger partial charge < -0.3 is 20.0 Å². The van der Waals surface area contributed by atoms with E-state index in [0.29, 0.717) is 18.2 Å². The summed E-state index contributed by atoms with van der Waals surface area (Å²) >= 11 is 0. The van der Waals surface area contributed by atoms with E-state index in [1.165, 1.54) is 0 Å². The van der Waals surface area contributed by atoms with Crippen LogP contribution < -0.4 is 5.73 Å². The highest BCUT2D eigenvalue weighted by Gasteiger charge is 2.23. The molecule has 0 bridgehead atoms. The maximum atomic E-state index is 6.06. The summed E-state index contributed by atoms with van der Waals surface area (Å²) in [6, 6.07) is -0.304. The van der Waals surface area contributed by atoms with Crippen molar-refractivity contribution >= 4 is 0 Å². The number of hydrogen-bond acceptors (Lipinski definition) is 6. The molecule has 1 fully saturated rings. The van der Waals surface area contributed by atoms with Gasteiger partial charge in [0.1, 0.15) is 0 Å². The lowest BCUT2D eigenvalue weighted by Crippen LogP contribution is -2.16. The van der Waals surface area contributed by atoms with Crippen LogP contribution in [0.1, 0.15) is 42.2 Å². The SMILES string of the molecule is N[C@H](Cc1cnc[nH]1)c1nc(C2CCOCC2)no1. The van der Waals surface area contributed by atoms with Gasteiger partial charge in [0.2, 0.25) is 5.89 Å². The third-order valence-electron chi connectivity index (χ3n) is 3.36. The minimum absolute atomic E-state index is 0.304. The number of rotatable bonds is 4. The highest BCUT2D eigenvalue weighted by molar-refractivity contribution is 5.04. The molecule has 3 heterocycles. The third-order valence-corrected chi connectivity index (χ3v) is 3.36. The summed E-state index contributed by atoms with van der Waals surface area (Å²) in [7, 11) is 0. The monoisotopic (exact) mass is 263 g/mol. The molecule has 7 heteroatoms. The van der Waals surface area contributed by atoms with E-state index in [9.17, 15) is 0 Å². The molecular weight excluding hydrogens is 246 g/mol. The van der Waals surface area contributed by atoms with E-state index < -0.39 is 0 Å². The molecule has 2 aromatic heterocycles. The summed E-state index contributed by atoms with van der Waals surface area (Å²) in [5, 5.41) is 4.04. The van der Waals surface area contributed by atoms with Crippen LogP contribution in [0, 0.1) is 0 Å². The summed E-state index contributed by atoms with van der Waals surface area (Å²) in [5.41, 5.74) is 7.02. The molecule has 0 amide bonds. The van der Waals surface area contributed by atoms with Crippen molar-refractivity contribution in [2.24, 2.45) is 5.73 Å². The zero-order chi connectivity index (χ0) is 13.1. The van der Waals surface area contributed by atoms with Gasteiger partial charge in [0.05, 0.1) is 12.4 Å². The lowest BCUT2D eigenvalue weighted by molar-refractivity contribution is 0.0830. The predicted octanol–water partition coefficient (Wildman–Crippen LogP) is 0.929. The largest absolute Gasteiger partial charge is 0.381 e. The second-order valence-corrected chi connectivity index (χ2v) is 4.76. The third kappa shape index (κ3) is 2.82. The van der Waals surface area contributed by atoms with Crippen molar-refractivity contribution in [2.75, 3.05) is 13.2 Å². The minimum atomic E-state index is -0.304. The molecule has 3 N–H and O–H groups in total. The molecule has 0 aromatic carbocycles. The molecule has 0 aliphatic carbocycles. The maximum Gasteiger partial charge on any atom is 0.243 e. The van der Waals surface area contributed by atoms with Crippen LogP contribution in [-0.4, -0.2) is 33.3 Å². The summed E-state index contributed by atoms with van der Waals surface area (Å²) in [5.74, 6) is 1.56. The highest BCUT2D eigenvalue weighted by Crippen LogP contribution is 2.25. The Labute approximate surface area is 110 Å². The van der Waals surface area contributed by atoms with Crippen molar-refractivity contribution in [1.82, 2.24) is 20.1 Å². The fourth-order valence-electron chi connectivity index (χ4n) is 2.24. The number of imidazole rings is 1. The number of nitrogens with two attached hydrogens (primary N) is 1. The molecule has 19 heavy (non-hydrogen) atoms. The second-order valence-electron chi connectivity index (χ2n) is 4.76. The Morgan fingerprint density at radius 1 is 1.42 bits per heavy atom. The molecule has 7 nitrogen and oxygen atoms in total. The lowest BCUT2D eigenvalue weighted by Gasteiger charge is -2.18. The molecule has 0 radical (unpaired) electrons. The molecule has 2 aromatic rings. The van der Waals surface area contributed by atoms with Crippen LogP contribution in [0.15, 0.2) is 17.0 Å². The molecule has 1 saturated heterocycles. The number of nitrogens with one attached hydrogen (secondary N) is 1. The van der Waals surface area contributed by atoms with Gasteiger partial charge in [-0.15, -0.1) is 0 Å². The van der Waals surface area contributed by atoms with Gasteiger partial charge in [0.15, 0.2) is 5.82 Å². The van der Waals surface area contributed by atoms with Crippen molar-refractivity contribution in [2.45, 2.75) is 31.2 Å². The van der Waals surface area contributed by atoms with Crippen LogP contribution in [-0.2, 0) is 11.2 Å². The molecule has 1 aliphatic heterocycles. The van der Waals surface area contributed by atoms with E-state index in [-0.39, 0.29) is 6.04 Å². The zero-order valence-electron chi connectivity index (χ0n) is 10.6. The summed E-state index contributed by atoms with van der Waals surface area (Å²) in [6.45, 7) is 1.52. The number of ether oxygens (including phenoxy) is 1. The van der Waals surface area contributed by atoms with E-state index in [4.69, 9.17) is 15.0 Å². The maximum absolute atomic E-state index is 6.06. The Balaban J connectivity index is 1.66. The Hall–Kier alpha value is -1.73. The van der Waals surface area contributed by atoms with Gasteiger partial charge in [-0.25, -0.2) is 4.98 Å². The van der Waals surface area contributed by atoms with Crippen LogP contribution in [0.2, 0.25) is 0 Å². The van der Waals surface area contributed by atoms with E-state index in [1.807, 2.05) is 0 Å². The van der Waals surface area contributed by atoms with Crippen LogP contribution >= 0.6 is 0 Å². The van der Waals surface area contributed by atoms with E-state index in [1.54, 1.807) is 12.5 Å². The van der Waals surface area contributed by atoms with Crippen molar-refractivity contribution < 1.29 is 9.26 Å². The number of hydrogen-bond donors (Lipinski definition) is 2. The van der Waals surface area contributed by atoms with Crippen LogP contribution in [0.3, 0.4) is 0 Å². The number of aromatic amines is 1. The fourth-order valence-corrected chi connectivity index (χ4v) is 2.24. The van der Waals surface area contributed by atoms with Crippen molar-refractivity contribution in [3.8, 4) is 0 Å². The van der Waals surface area contributed by atoms with Crippen LogP contribution in [0.5, 0.6) is 0 Å². The topological polar surface area (TPSA) is 103 Å². The molecule has 102 valence electrons. The first-order chi connectivity index (χ1) is 9.33. The highest BCUT2D eigenvalue weighted by atomic mass is 16.5. The molecule has 1 atom stereocenters. The zero-order valence-corrected chi connectivity index (χ0v) is 10.6. The Morgan fingerprint density at radius 3 is 3.00 bits per heavy atom. The smallest absolute Gasteiger partial charge is 0.243 e. The lowest BCUT2D eigenvalue weighted by atomic mass is 10.00. The average molecular weight is 263 g/mol. The number of aromatic nitrogens is 4. The summed E-state index contributed by atoms with van der Waals surface area (Å²) < 4.78 is 10.6. The minimum Gasteiger partial charge on any atom is -0.381 e. The molecule has 0 spiro atoms. The molecular formula is C12H17N5O2. The normalized spacial score (nSPS) is 18.6. The van der Waals surface area contributed by atoms with Crippen LogP contribution in [0.4, 0.5) is 0 Å². The first-order valence-electron chi connectivity index (χ1n) is 6.47. The summed E-state index contributed by atoms with van der Waals surface area (Å²) in [6.07, 6.45) is 5.86. The van der Waals surface area contributed by atoms with Gasteiger partial charge in [0, 0.05) is 37.4 Å². The standard InChI is InChI=1S/C12H17N5O2/c13-10(5-9-6-14-7-15-9)12-16-11(17-19-12)8-1-3-18-4-2-8/h6-8,10H,1-5,13H2,(H,14,15)/t10-/m1/s1. The van der Waals surface area contributed by atoms with Gasteiger partial charge in [-0.2, -0.15) is 4.98 Å². The number of nitrogens with zero attached hydrogens (tertiary/aromatic N) is 3. The van der Waals surface area contributed by atoms with E-state index in [2.05, 4.69) is 20.1 Å². The van der Waals surface area contributed by atoms with Gasteiger partial charge in [0.25, 0.3) is 0 Å². The summed E-state index contributed by atoms with van der Waals surface area (Å²) in [4.78, 5) is 11.4. The van der Waals surface area contributed by atoms with Crippen LogP contribution in [0.25, 0.3) is 0 Å². The van der Waals surface area contributed by atoms with E-state index in [0.717, 1.165) is 37.6 Å². The van der Waals surface area contributed by atoms with Crippen molar-refractivity contribution in [3.63, 3.8) is 0 Å². The fraction of sp³-hybridized carbons (Fsp3) is 0.583. The van der Waals surface area contributed by atoms with Gasteiger partial charge in [-0.05, 0) is 12.8 Å². The molecule has 3 rings (SSSR count). The molecule has 0 saturated carbocycles. The molecule has 0 unspecified atom stereocenters. The van der Waals surface area contributed by atoms with E-state index >= 15 is 0 Å². The Morgan fingerprint density at radius 2 is 2.26 bits per heavy atom. The predicted molar refractivity (Wildman–Crippen MR) is 66.3 cm³/mol. The van der Waals surface area contributed by atoms with Gasteiger partial charge in [-0.3, -0.25) is 0 Å². The first kappa shape index (κ1) is 12.3. The first-order valence-corrected chi connectivity index (χ1v) is 6.47. The average Bonchev–Trinajstić information content (AvgIpc) is 3.10.